The van der Waals surface area contributed by atoms with Crippen molar-refractivity contribution in [1.29, 1.82) is 0 Å². The maximum atomic E-state index is 11.4. The number of amides is 2. The van der Waals surface area contributed by atoms with E-state index in [4.69, 9.17) is 10.2 Å². The van der Waals surface area contributed by atoms with Crippen LogP contribution in [0.1, 0.15) is 15.9 Å². The van der Waals surface area contributed by atoms with E-state index in [-0.39, 0.29) is 25.6 Å². The van der Waals surface area contributed by atoms with E-state index in [9.17, 15) is 9.59 Å². The SMILES string of the molecule is O=C(O)NCc1ccc(C(=O)NCCO)cc1. The van der Waals surface area contributed by atoms with E-state index >= 15 is 0 Å². The highest BCUT2D eigenvalue weighted by Crippen LogP contribution is 2.04. The van der Waals surface area contributed by atoms with Gasteiger partial charge in [-0.2, -0.15) is 0 Å². The molecule has 1 aromatic rings. The summed E-state index contributed by atoms with van der Waals surface area (Å²) in [5.41, 5.74) is 1.24. The van der Waals surface area contributed by atoms with E-state index in [1.807, 2.05) is 0 Å². The van der Waals surface area contributed by atoms with Crippen LogP contribution in [0.4, 0.5) is 4.79 Å². The topological polar surface area (TPSA) is 98.7 Å². The van der Waals surface area contributed by atoms with Gasteiger partial charge in [-0.3, -0.25) is 4.79 Å². The molecule has 1 aromatic carbocycles. The predicted octanol–water partition coefficient (Wildman–Crippen LogP) is 0.176. The Labute approximate surface area is 98.3 Å². The molecule has 0 saturated carbocycles. The molecule has 4 N–H and O–H groups in total. The number of hydrogen-bond donors (Lipinski definition) is 4. The molecule has 92 valence electrons. The molecule has 0 atom stereocenters. The molecule has 0 unspecified atom stereocenters. The maximum Gasteiger partial charge on any atom is 0.404 e. The third kappa shape index (κ3) is 4.52. The minimum absolute atomic E-state index is 0.105. The van der Waals surface area contributed by atoms with Crippen molar-refractivity contribution in [2.75, 3.05) is 13.2 Å². The highest BCUT2D eigenvalue weighted by Gasteiger charge is 2.04. The van der Waals surface area contributed by atoms with Gasteiger partial charge >= 0.3 is 6.09 Å². The van der Waals surface area contributed by atoms with Crippen molar-refractivity contribution >= 4 is 12.0 Å². The monoisotopic (exact) mass is 238 g/mol. The van der Waals surface area contributed by atoms with Crippen LogP contribution in [0.25, 0.3) is 0 Å². The van der Waals surface area contributed by atoms with E-state index in [2.05, 4.69) is 10.6 Å². The van der Waals surface area contributed by atoms with Gasteiger partial charge in [-0.25, -0.2) is 4.79 Å². The molecular formula is C11H14N2O4. The van der Waals surface area contributed by atoms with Crippen molar-refractivity contribution in [3.63, 3.8) is 0 Å². The van der Waals surface area contributed by atoms with Crippen LogP contribution in [0.3, 0.4) is 0 Å². The second-order valence-electron chi connectivity index (χ2n) is 3.34. The summed E-state index contributed by atoms with van der Waals surface area (Å²) in [4.78, 5) is 21.7. The maximum absolute atomic E-state index is 11.4. The van der Waals surface area contributed by atoms with Crippen LogP contribution in [0, 0.1) is 0 Å². The Morgan fingerprint density at radius 1 is 1.12 bits per heavy atom. The zero-order chi connectivity index (χ0) is 12.7. The molecule has 0 bridgehead atoms. The lowest BCUT2D eigenvalue weighted by Crippen LogP contribution is -2.26. The number of hydrogen-bond acceptors (Lipinski definition) is 3. The zero-order valence-electron chi connectivity index (χ0n) is 9.14. The molecular weight excluding hydrogens is 224 g/mol. The predicted molar refractivity (Wildman–Crippen MR) is 60.7 cm³/mol. The number of carboxylic acid groups (broad SMARTS) is 1. The molecule has 0 spiro atoms. The first-order valence-electron chi connectivity index (χ1n) is 5.08. The van der Waals surface area contributed by atoms with E-state index in [1.54, 1.807) is 24.3 Å². The molecule has 0 aliphatic heterocycles. The molecule has 17 heavy (non-hydrogen) atoms. The van der Waals surface area contributed by atoms with Gasteiger partial charge in [-0.15, -0.1) is 0 Å². The van der Waals surface area contributed by atoms with Crippen LogP contribution >= 0.6 is 0 Å². The van der Waals surface area contributed by atoms with Gasteiger partial charge in [0.1, 0.15) is 0 Å². The molecule has 2 amide bonds. The number of carbonyl (C=O) groups excluding carboxylic acids is 1. The van der Waals surface area contributed by atoms with Gasteiger partial charge in [0.2, 0.25) is 0 Å². The van der Waals surface area contributed by atoms with Crippen molar-refractivity contribution in [2.45, 2.75) is 6.54 Å². The fraction of sp³-hybridized carbons (Fsp3) is 0.273. The van der Waals surface area contributed by atoms with Crippen LogP contribution in [0.15, 0.2) is 24.3 Å². The summed E-state index contributed by atoms with van der Waals surface area (Å²) in [6.07, 6.45) is -1.09. The molecule has 6 heteroatoms. The van der Waals surface area contributed by atoms with Crippen molar-refractivity contribution in [3.05, 3.63) is 35.4 Å². The number of nitrogens with one attached hydrogen (secondary N) is 2. The minimum atomic E-state index is -1.09. The molecule has 0 radical (unpaired) electrons. The van der Waals surface area contributed by atoms with Gasteiger partial charge in [-0.05, 0) is 17.7 Å². The third-order valence-electron chi connectivity index (χ3n) is 2.06. The van der Waals surface area contributed by atoms with Crippen molar-refractivity contribution < 1.29 is 19.8 Å². The van der Waals surface area contributed by atoms with Crippen LogP contribution in [0.2, 0.25) is 0 Å². The Bertz CT molecular complexity index is 389. The van der Waals surface area contributed by atoms with E-state index in [1.165, 1.54) is 0 Å². The summed E-state index contributed by atoms with van der Waals surface area (Å²) in [6.45, 7) is 0.307. The molecule has 1 rings (SSSR count). The van der Waals surface area contributed by atoms with Crippen LogP contribution < -0.4 is 10.6 Å². The summed E-state index contributed by atoms with van der Waals surface area (Å²) in [5, 5.41) is 21.7. The Hall–Kier alpha value is -2.08. The van der Waals surface area contributed by atoms with Gasteiger partial charge < -0.3 is 20.8 Å². The molecule has 0 aliphatic carbocycles. The van der Waals surface area contributed by atoms with Crippen LogP contribution in [-0.2, 0) is 6.54 Å². The van der Waals surface area contributed by atoms with E-state index in [0.717, 1.165) is 5.56 Å². The first-order chi connectivity index (χ1) is 8.13. The second kappa shape index (κ2) is 6.49. The Morgan fingerprint density at radius 2 is 1.76 bits per heavy atom. The fourth-order valence-electron chi connectivity index (χ4n) is 1.22. The van der Waals surface area contributed by atoms with Gasteiger partial charge in [-0.1, -0.05) is 12.1 Å². The van der Waals surface area contributed by atoms with Crippen molar-refractivity contribution in [2.24, 2.45) is 0 Å². The highest BCUT2D eigenvalue weighted by atomic mass is 16.4. The van der Waals surface area contributed by atoms with Gasteiger partial charge in [0.05, 0.1) is 6.61 Å². The first-order valence-corrected chi connectivity index (χ1v) is 5.08. The van der Waals surface area contributed by atoms with Gasteiger partial charge in [0.15, 0.2) is 0 Å². The smallest absolute Gasteiger partial charge is 0.404 e. The molecule has 0 heterocycles. The van der Waals surface area contributed by atoms with E-state index in [0.29, 0.717) is 5.56 Å². The summed E-state index contributed by atoms with van der Waals surface area (Å²) in [6, 6.07) is 6.55. The average molecular weight is 238 g/mol. The zero-order valence-corrected chi connectivity index (χ0v) is 9.14. The Morgan fingerprint density at radius 3 is 2.29 bits per heavy atom. The largest absolute Gasteiger partial charge is 0.465 e. The average Bonchev–Trinajstić information content (AvgIpc) is 2.34. The Balaban J connectivity index is 2.55. The van der Waals surface area contributed by atoms with Gasteiger partial charge in [0.25, 0.3) is 5.91 Å². The number of benzene rings is 1. The summed E-state index contributed by atoms with van der Waals surface area (Å²) in [7, 11) is 0. The third-order valence-corrected chi connectivity index (χ3v) is 2.06. The lowest BCUT2D eigenvalue weighted by Gasteiger charge is -2.05. The molecule has 6 nitrogen and oxygen atoms in total. The normalized spacial score (nSPS) is 9.71. The minimum Gasteiger partial charge on any atom is -0.465 e. The van der Waals surface area contributed by atoms with Gasteiger partial charge in [0, 0.05) is 18.7 Å². The van der Waals surface area contributed by atoms with Crippen LogP contribution in [0.5, 0.6) is 0 Å². The van der Waals surface area contributed by atoms with Crippen molar-refractivity contribution in [3.8, 4) is 0 Å². The molecule has 0 saturated heterocycles. The first kappa shape index (κ1) is 13.0. The van der Waals surface area contributed by atoms with E-state index < -0.39 is 6.09 Å². The lowest BCUT2D eigenvalue weighted by molar-refractivity contribution is 0.0944. The fourth-order valence-corrected chi connectivity index (χ4v) is 1.22. The van der Waals surface area contributed by atoms with Crippen LogP contribution in [-0.4, -0.2) is 35.4 Å². The molecule has 0 aliphatic rings. The number of rotatable bonds is 5. The van der Waals surface area contributed by atoms with Crippen molar-refractivity contribution in [1.82, 2.24) is 10.6 Å². The number of aliphatic hydroxyl groups is 1. The number of carbonyl (C=O) groups is 2. The quantitative estimate of drug-likeness (QED) is 0.588. The summed E-state index contributed by atoms with van der Waals surface area (Å²) < 4.78 is 0. The highest BCUT2D eigenvalue weighted by molar-refractivity contribution is 5.94. The molecule has 0 fully saturated rings. The summed E-state index contributed by atoms with van der Waals surface area (Å²) in [5.74, 6) is -0.267. The second-order valence-corrected chi connectivity index (χ2v) is 3.34. The Kier molecular flexibility index (Phi) is 4.96. The standard InChI is InChI=1S/C11H14N2O4/c14-6-5-12-10(15)9-3-1-8(2-4-9)7-13-11(16)17/h1-4,13-14H,5-7H2,(H,12,15)(H,16,17). The molecule has 0 aromatic heterocycles. The lowest BCUT2D eigenvalue weighted by atomic mass is 10.1. The summed E-state index contributed by atoms with van der Waals surface area (Å²) >= 11 is 0. The number of aliphatic hydroxyl groups excluding tert-OH is 1.